The molecule has 0 fully saturated rings. The van der Waals surface area contributed by atoms with Gasteiger partial charge in [0.25, 0.3) is 0 Å². The zero-order valence-electron chi connectivity index (χ0n) is 41.1. The fourth-order valence-electron chi connectivity index (χ4n) is 6.94. The summed E-state index contributed by atoms with van der Waals surface area (Å²) in [6.07, 6.45) is 65.7. The van der Waals surface area contributed by atoms with Crippen LogP contribution >= 0.6 is 0 Å². The molecule has 0 saturated carbocycles. The van der Waals surface area contributed by atoms with E-state index in [0.717, 1.165) is 103 Å². The fraction of sp³-hybridized carbons (Fsp3) is 0.702. The van der Waals surface area contributed by atoms with Crippen molar-refractivity contribution in [2.75, 3.05) is 13.2 Å². The van der Waals surface area contributed by atoms with Crippen LogP contribution in [0.3, 0.4) is 0 Å². The summed E-state index contributed by atoms with van der Waals surface area (Å²) in [5.41, 5.74) is 0. The van der Waals surface area contributed by atoms with Gasteiger partial charge in [-0.3, -0.25) is 14.4 Å². The molecular formula is C57H96O6. The predicted octanol–water partition coefficient (Wildman–Crippen LogP) is 17.2. The first-order valence-electron chi connectivity index (χ1n) is 26.1. The lowest BCUT2D eigenvalue weighted by molar-refractivity contribution is -0.167. The zero-order valence-corrected chi connectivity index (χ0v) is 41.1. The monoisotopic (exact) mass is 877 g/mol. The molecule has 0 saturated heterocycles. The number of ether oxygens (including phenoxy) is 3. The highest BCUT2D eigenvalue weighted by molar-refractivity contribution is 5.71. The Bertz CT molecular complexity index is 1240. The van der Waals surface area contributed by atoms with E-state index in [-0.39, 0.29) is 37.5 Å². The van der Waals surface area contributed by atoms with Crippen molar-refractivity contribution >= 4 is 17.9 Å². The molecule has 0 spiro atoms. The van der Waals surface area contributed by atoms with Crippen LogP contribution in [0.4, 0.5) is 0 Å². The van der Waals surface area contributed by atoms with Crippen molar-refractivity contribution in [3.05, 3.63) is 85.1 Å². The molecule has 0 aromatic carbocycles. The smallest absolute Gasteiger partial charge is 0.306 e. The SMILES string of the molecule is CC/C=C\C/C=C\C/C=C\C/C=C\C/C=C\CCCC(=O)OCC(COC(=O)CCCCC/C=C\CCCCCCCCC)OC(=O)CCCCC/C=C\CCCCCCCCC. The van der Waals surface area contributed by atoms with E-state index >= 15 is 0 Å². The Morgan fingerprint density at radius 2 is 0.635 bits per heavy atom. The number of hydrogen-bond acceptors (Lipinski definition) is 6. The topological polar surface area (TPSA) is 78.9 Å². The van der Waals surface area contributed by atoms with Gasteiger partial charge in [-0.25, -0.2) is 0 Å². The van der Waals surface area contributed by atoms with Gasteiger partial charge in [0.15, 0.2) is 6.10 Å². The summed E-state index contributed by atoms with van der Waals surface area (Å²) in [5.74, 6) is -1.000. The van der Waals surface area contributed by atoms with Gasteiger partial charge >= 0.3 is 17.9 Å². The molecule has 0 bridgehead atoms. The van der Waals surface area contributed by atoms with Gasteiger partial charge < -0.3 is 14.2 Å². The van der Waals surface area contributed by atoms with E-state index in [9.17, 15) is 14.4 Å². The minimum atomic E-state index is -0.813. The third kappa shape index (κ3) is 49.5. The Morgan fingerprint density at radius 3 is 1.05 bits per heavy atom. The van der Waals surface area contributed by atoms with E-state index in [2.05, 4.69) is 106 Å². The lowest BCUT2D eigenvalue weighted by atomic mass is 10.1. The molecule has 0 aliphatic carbocycles. The highest BCUT2D eigenvalue weighted by Crippen LogP contribution is 2.13. The summed E-state index contributed by atoms with van der Waals surface area (Å²) in [4.78, 5) is 38.0. The quantitative estimate of drug-likeness (QED) is 0.0262. The molecule has 0 rings (SSSR count). The standard InChI is InChI=1S/C57H96O6/c1-4-7-10-13-16-19-22-25-28-29-30-33-35-38-41-44-47-50-56(59)62-53-54(63-57(60)51-48-45-42-39-36-32-27-24-21-18-15-12-9-6-3)52-61-55(58)49-46-43-40-37-34-31-26-23-20-17-14-11-8-5-2/h7,10,16,19,25,28,30-34,36,38,41,54H,4-6,8-9,11-15,17-18,20-24,26-27,29,35,37,39-40,42-53H2,1-3H3/b10-7-,19-16-,28-25-,33-30-,34-31-,36-32-,41-38-. The van der Waals surface area contributed by atoms with Crippen molar-refractivity contribution in [1.82, 2.24) is 0 Å². The number of rotatable bonds is 46. The third-order valence-corrected chi connectivity index (χ3v) is 10.9. The Kier molecular flexibility index (Phi) is 48.5. The van der Waals surface area contributed by atoms with E-state index in [4.69, 9.17) is 14.2 Å². The minimum Gasteiger partial charge on any atom is -0.462 e. The van der Waals surface area contributed by atoms with E-state index in [0.29, 0.717) is 19.3 Å². The highest BCUT2D eigenvalue weighted by Gasteiger charge is 2.19. The van der Waals surface area contributed by atoms with Crippen molar-refractivity contribution in [3.63, 3.8) is 0 Å². The van der Waals surface area contributed by atoms with Gasteiger partial charge in [-0.2, -0.15) is 0 Å². The molecule has 0 aliphatic heterocycles. The number of carbonyl (C=O) groups excluding carboxylic acids is 3. The Morgan fingerprint density at radius 1 is 0.333 bits per heavy atom. The maximum atomic E-state index is 12.8. The number of unbranched alkanes of at least 4 members (excludes halogenated alkanes) is 21. The van der Waals surface area contributed by atoms with Crippen LogP contribution in [0.5, 0.6) is 0 Å². The highest BCUT2D eigenvalue weighted by atomic mass is 16.6. The summed E-state index contributed by atoms with van der Waals surface area (Å²) in [5, 5.41) is 0. The normalized spacial score (nSPS) is 12.7. The van der Waals surface area contributed by atoms with Gasteiger partial charge in [-0.05, 0) is 109 Å². The molecule has 0 radical (unpaired) electrons. The number of hydrogen-bond donors (Lipinski definition) is 0. The second-order valence-electron chi connectivity index (χ2n) is 17.0. The van der Waals surface area contributed by atoms with Gasteiger partial charge in [0.2, 0.25) is 0 Å². The molecule has 360 valence electrons. The van der Waals surface area contributed by atoms with Gasteiger partial charge in [-0.1, -0.05) is 196 Å². The van der Waals surface area contributed by atoms with Crippen LogP contribution in [0, 0.1) is 0 Å². The average Bonchev–Trinajstić information content (AvgIpc) is 3.28. The predicted molar refractivity (Wildman–Crippen MR) is 270 cm³/mol. The van der Waals surface area contributed by atoms with Crippen molar-refractivity contribution in [2.24, 2.45) is 0 Å². The van der Waals surface area contributed by atoms with Crippen LogP contribution in [0.15, 0.2) is 85.1 Å². The number of esters is 3. The molecule has 0 aromatic heterocycles. The Hall–Kier alpha value is -3.41. The van der Waals surface area contributed by atoms with Gasteiger partial charge in [0.1, 0.15) is 13.2 Å². The summed E-state index contributed by atoms with van der Waals surface area (Å²) in [6.45, 7) is 6.44. The van der Waals surface area contributed by atoms with Crippen molar-refractivity contribution < 1.29 is 28.6 Å². The van der Waals surface area contributed by atoms with Gasteiger partial charge in [0, 0.05) is 19.3 Å². The molecular weight excluding hydrogens is 781 g/mol. The summed E-state index contributed by atoms with van der Waals surface area (Å²) in [6, 6.07) is 0. The molecule has 0 aliphatic rings. The average molecular weight is 877 g/mol. The van der Waals surface area contributed by atoms with Crippen LogP contribution in [0.25, 0.3) is 0 Å². The van der Waals surface area contributed by atoms with E-state index in [1.165, 1.54) is 89.9 Å². The second-order valence-corrected chi connectivity index (χ2v) is 17.0. The molecule has 0 aromatic rings. The molecule has 0 amide bonds. The lowest BCUT2D eigenvalue weighted by Gasteiger charge is -2.18. The molecule has 1 atom stereocenters. The van der Waals surface area contributed by atoms with Crippen LogP contribution in [-0.2, 0) is 28.6 Å². The summed E-state index contributed by atoms with van der Waals surface area (Å²) < 4.78 is 16.7. The van der Waals surface area contributed by atoms with Crippen LogP contribution in [0.2, 0.25) is 0 Å². The Labute approximate surface area is 388 Å². The summed E-state index contributed by atoms with van der Waals surface area (Å²) >= 11 is 0. The molecule has 1 unspecified atom stereocenters. The van der Waals surface area contributed by atoms with E-state index < -0.39 is 6.10 Å². The molecule has 0 heterocycles. The first kappa shape index (κ1) is 59.6. The number of allylic oxidation sites excluding steroid dienone is 14. The van der Waals surface area contributed by atoms with Crippen molar-refractivity contribution in [2.45, 2.75) is 245 Å². The van der Waals surface area contributed by atoms with Crippen LogP contribution in [-0.4, -0.2) is 37.2 Å². The van der Waals surface area contributed by atoms with Crippen LogP contribution < -0.4 is 0 Å². The Balaban J connectivity index is 4.52. The zero-order chi connectivity index (χ0) is 45.8. The fourth-order valence-corrected chi connectivity index (χ4v) is 6.94. The molecule has 63 heavy (non-hydrogen) atoms. The molecule has 0 N–H and O–H groups in total. The largest absolute Gasteiger partial charge is 0.462 e. The summed E-state index contributed by atoms with van der Waals surface area (Å²) in [7, 11) is 0. The number of carbonyl (C=O) groups is 3. The van der Waals surface area contributed by atoms with Gasteiger partial charge in [0.05, 0.1) is 0 Å². The van der Waals surface area contributed by atoms with E-state index in [1.807, 2.05) is 0 Å². The third-order valence-electron chi connectivity index (χ3n) is 10.9. The van der Waals surface area contributed by atoms with Crippen molar-refractivity contribution in [1.29, 1.82) is 0 Å². The second kappa shape index (κ2) is 51.2. The molecule has 6 heteroatoms. The first-order valence-corrected chi connectivity index (χ1v) is 26.1. The lowest BCUT2D eigenvalue weighted by Crippen LogP contribution is -2.30. The van der Waals surface area contributed by atoms with Crippen molar-refractivity contribution in [3.8, 4) is 0 Å². The maximum Gasteiger partial charge on any atom is 0.306 e. The maximum absolute atomic E-state index is 12.8. The van der Waals surface area contributed by atoms with Gasteiger partial charge in [-0.15, -0.1) is 0 Å². The van der Waals surface area contributed by atoms with E-state index in [1.54, 1.807) is 0 Å². The minimum absolute atomic E-state index is 0.108. The molecule has 6 nitrogen and oxygen atoms in total. The van der Waals surface area contributed by atoms with Crippen LogP contribution in [0.1, 0.15) is 239 Å². The first-order chi connectivity index (χ1) is 31.0.